The molecule has 3 atom stereocenters. The minimum Gasteiger partial charge on any atom is -0.392 e. The van der Waals surface area contributed by atoms with E-state index in [1.807, 2.05) is 0 Å². The molecule has 3 N–H and O–H groups in total. The van der Waals surface area contributed by atoms with E-state index < -0.39 is 0 Å². The molecular weight excluding hydrogens is 228 g/mol. The fourth-order valence-corrected chi connectivity index (χ4v) is 1.54. The number of aliphatic hydroxyl groups excluding tert-OH is 1. The Morgan fingerprint density at radius 3 is 2.56 bits per heavy atom. The number of halogens is 1. The second kappa shape index (κ2) is 7.09. The van der Waals surface area contributed by atoms with Crippen LogP contribution in [-0.2, 0) is 4.79 Å². The lowest BCUT2D eigenvalue weighted by molar-refractivity contribution is -0.123. The molecule has 16 heavy (non-hydrogen) atoms. The molecule has 1 amide bonds. The van der Waals surface area contributed by atoms with Gasteiger partial charge in [-0.3, -0.25) is 4.79 Å². The molecule has 0 aromatic heterocycles. The Balaban J connectivity index is 0.00000225. The van der Waals surface area contributed by atoms with E-state index in [-0.39, 0.29) is 30.5 Å². The van der Waals surface area contributed by atoms with Crippen LogP contribution in [0.3, 0.4) is 0 Å². The van der Waals surface area contributed by atoms with E-state index in [0.29, 0.717) is 31.3 Å². The number of nitrogens with one attached hydrogen (secondary N) is 2. The van der Waals surface area contributed by atoms with E-state index in [4.69, 9.17) is 0 Å². The number of rotatable bonds is 4. The summed E-state index contributed by atoms with van der Waals surface area (Å²) >= 11 is 0. The quantitative estimate of drug-likeness (QED) is 0.683. The second-order valence-electron chi connectivity index (χ2n) is 4.82. The van der Waals surface area contributed by atoms with Crippen LogP contribution in [0.2, 0.25) is 0 Å². The SMILES string of the molecule is CC(C)C(C)CNC(=O)C1CC(O)CN1.Cl. The van der Waals surface area contributed by atoms with Gasteiger partial charge in [0.2, 0.25) is 5.91 Å². The summed E-state index contributed by atoms with van der Waals surface area (Å²) in [6.07, 6.45) is 0.158. The molecule has 96 valence electrons. The molecule has 1 heterocycles. The van der Waals surface area contributed by atoms with E-state index in [1.54, 1.807) is 0 Å². The summed E-state index contributed by atoms with van der Waals surface area (Å²) in [6.45, 7) is 7.66. The van der Waals surface area contributed by atoms with E-state index in [1.165, 1.54) is 0 Å². The molecule has 4 nitrogen and oxygen atoms in total. The van der Waals surface area contributed by atoms with Crippen molar-refractivity contribution in [3.05, 3.63) is 0 Å². The van der Waals surface area contributed by atoms with E-state index in [2.05, 4.69) is 31.4 Å². The maximum absolute atomic E-state index is 11.6. The van der Waals surface area contributed by atoms with Crippen LogP contribution in [0.1, 0.15) is 27.2 Å². The zero-order valence-corrected chi connectivity index (χ0v) is 11.0. The van der Waals surface area contributed by atoms with Crippen molar-refractivity contribution in [2.45, 2.75) is 39.3 Å². The number of aliphatic hydroxyl groups is 1. The first-order chi connectivity index (χ1) is 7.00. The van der Waals surface area contributed by atoms with Crippen LogP contribution in [0.25, 0.3) is 0 Å². The smallest absolute Gasteiger partial charge is 0.237 e. The van der Waals surface area contributed by atoms with Crippen molar-refractivity contribution in [1.82, 2.24) is 10.6 Å². The lowest BCUT2D eigenvalue weighted by Crippen LogP contribution is -2.42. The molecule has 1 aliphatic rings. The van der Waals surface area contributed by atoms with Crippen molar-refractivity contribution in [2.75, 3.05) is 13.1 Å². The average molecular weight is 251 g/mol. The van der Waals surface area contributed by atoms with E-state index in [9.17, 15) is 9.90 Å². The van der Waals surface area contributed by atoms with Crippen molar-refractivity contribution >= 4 is 18.3 Å². The molecule has 0 spiro atoms. The minimum atomic E-state index is -0.372. The summed E-state index contributed by atoms with van der Waals surface area (Å²) in [7, 11) is 0. The molecule has 1 saturated heterocycles. The third kappa shape index (κ3) is 4.68. The van der Waals surface area contributed by atoms with Crippen LogP contribution in [-0.4, -0.2) is 36.2 Å². The van der Waals surface area contributed by atoms with Gasteiger partial charge in [-0.15, -0.1) is 12.4 Å². The summed E-state index contributed by atoms with van der Waals surface area (Å²) in [6, 6.07) is -0.209. The molecule has 1 aliphatic heterocycles. The van der Waals surface area contributed by atoms with Gasteiger partial charge in [-0.2, -0.15) is 0 Å². The standard InChI is InChI=1S/C11H22N2O2.ClH/c1-7(2)8(3)5-13-11(15)10-4-9(14)6-12-10;/h7-10,12,14H,4-6H2,1-3H3,(H,13,15);1H. The highest BCUT2D eigenvalue weighted by Gasteiger charge is 2.27. The lowest BCUT2D eigenvalue weighted by atomic mass is 9.98. The predicted octanol–water partition coefficient (Wildman–Crippen LogP) is 0.539. The van der Waals surface area contributed by atoms with Gasteiger partial charge in [0, 0.05) is 13.1 Å². The summed E-state index contributed by atoms with van der Waals surface area (Å²) in [5.41, 5.74) is 0. The van der Waals surface area contributed by atoms with Crippen LogP contribution in [0.5, 0.6) is 0 Å². The normalized spacial score (nSPS) is 26.3. The van der Waals surface area contributed by atoms with Gasteiger partial charge in [-0.05, 0) is 18.3 Å². The molecule has 0 aromatic rings. The largest absolute Gasteiger partial charge is 0.392 e. The molecule has 3 unspecified atom stereocenters. The van der Waals surface area contributed by atoms with Gasteiger partial charge in [0.1, 0.15) is 0 Å². The number of hydrogen-bond donors (Lipinski definition) is 3. The summed E-state index contributed by atoms with van der Waals surface area (Å²) < 4.78 is 0. The van der Waals surface area contributed by atoms with Crippen molar-refractivity contribution in [1.29, 1.82) is 0 Å². The highest BCUT2D eigenvalue weighted by molar-refractivity contribution is 5.85. The first-order valence-corrected chi connectivity index (χ1v) is 5.70. The van der Waals surface area contributed by atoms with Crippen molar-refractivity contribution < 1.29 is 9.90 Å². The number of hydrogen-bond acceptors (Lipinski definition) is 3. The molecular formula is C11H23ClN2O2. The van der Waals surface area contributed by atoms with Crippen LogP contribution in [0, 0.1) is 11.8 Å². The summed E-state index contributed by atoms with van der Waals surface area (Å²) in [4.78, 5) is 11.6. The Hall–Kier alpha value is -0.320. The maximum Gasteiger partial charge on any atom is 0.237 e. The Labute approximate surface area is 104 Å². The number of carbonyl (C=O) groups is 1. The monoisotopic (exact) mass is 250 g/mol. The molecule has 0 radical (unpaired) electrons. The van der Waals surface area contributed by atoms with Gasteiger partial charge in [-0.25, -0.2) is 0 Å². The highest BCUT2D eigenvalue weighted by Crippen LogP contribution is 2.09. The van der Waals surface area contributed by atoms with E-state index in [0.717, 1.165) is 0 Å². The molecule has 0 aromatic carbocycles. The summed E-state index contributed by atoms with van der Waals surface area (Å²) in [5.74, 6) is 1.08. The fourth-order valence-electron chi connectivity index (χ4n) is 1.54. The molecule has 0 aliphatic carbocycles. The average Bonchev–Trinajstić information content (AvgIpc) is 2.60. The van der Waals surface area contributed by atoms with Crippen LogP contribution >= 0.6 is 12.4 Å². The van der Waals surface area contributed by atoms with Crippen LogP contribution in [0.4, 0.5) is 0 Å². The molecule has 5 heteroatoms. The van der Waals surface area contributed by atoms with Gasteiger partial charge in [0.05, 0.1) is 12.1 Å². The fraction of sp³-hybridized carbons (Fsp3) is 0.909. The minimum absolute atomic E-state index is 0. The van der Waals surface area contributed by atoms with Crippen molar-refractivity contribution in [2.24, 2.45) is 11.8 Å². The Bertz CT molecular complexity index is 224. The summed E-state index contributed by atoms with van der Waals surface area (Å²) in [5, 5.41) is 15.2. The molecule has 0 bridgehead atoms. The van der Waals surface area contributed by atoms with Gasteiger partial charge in [0.25, 0.3) is 0 Å². The van der Waals surface area contributed by atoms with Crippen LogP contribution in [0.15, 0.2) is 0 Å². The third-order valence-corrected chi connectivity index (χ3v) is 3.16. The van der Waals surface area contributed by atoms with Crippen molar-refractivity contribution in [3.63, 3.8) is 0 Å². The maximum atomic E-state index is 11.6. The molecule has 1 rings (SSSR count). The van der Waals surface area contributed by atoms with E-state index >= 15 is 0 Å². The third-order valence-electron chi connectivity index (χ3n) is 3.16. The molecule has 1 fully saturated rings. The Morgan fingerprint density at radius 2 is 2.12 bits per heavy atom. The first-order valence-electron chi connectivity index (χ1n) is 5.70. The second-order valence-corrected chi connectivity index (χ2v) is 4.82. The Morgan fingerprint density at radius 1 is 1.50 bits per heavy atom. The zero-order chi connectivity index (χ0) is 11.4. The highest BCUT2D eigenvalue weighted by atomic mass is 35.5. The van der Waals surface area contributed by atoms with Gasteiger partial charge in [0.15, 0.2) is 0 Å². The number of β-amino-alcohol motifs (C(OH)–C–C–N with tert-alkyl or cyclic N) is 1. The predicted molar refractivity (Wildman–Crippen MR) is 66.7 cm³/mol. The topological polar surface area (TPSA) is 61.4 Å². The number of carbonyl (C=O) groups excluding carboxylic acids is 1. The van der Waals surface area contributed by atoms with Gasteiger partial charge >= 0.3 is 0 Å². The van der Waals surface area contributed by atoms with Gasteiger partial charge < -0.3 is 15.7 Å². The van der Waals surface area contributed by atoms with Gasteiger partial charge in [-0.1, -0.05) is 20.8 Å². The lowest BCUT2D eigenvalue weighted by Gasteiger charge is -2.18. The Kier molecular flexibility index (Phi) is 6.95. The van der Waals surface area contributed by atoms with Crippen molar-refractivity contribution in [3.8, 4) is 0 Å². The first kappa shape index (κ1) is 15.7. The molecule has 0 saturated carbocycles. The van der Waals surface area contributed by atoms with Crippen LogP contribution < -0.4 is 10.6 Å². The zero-order valence-electron chi connectivity index (χ0n) is 10.2. The number of amides is 1.